The molecule has 1 aliphatic rings. The molecule has 1 aromatic carbocycles. The first-order valence-corrected chi connectivity index (χ1v) is 8.12. The minimum absolute atomic E-state index is 0.140. The largest absolute Gasteiger partial charge is 0.390 e. The van der Waals surface area contributed by atoms with E-state index in [1.54, 1.807) is 0 Å². The second kappa shape index (κ2) is 8.50. The molecule has 1 atom stereocenters. The Hall–Kier alpha value is -1.57. The maximum Gasteiger partial charge on any atom is 0.227 e. The van der Waals surface area contributed by atoms with E-state index in [1.807, 2.05) is 0 Å². The quantitative estimate of drug-likeness (QED) is 0.822. The van der Waals surface area contributed by atoms with Gasteiger partial charge in [0.15, 0.2) is 0 Å². The number of aliphatic hydroxyl groups is 1. The van der Waals surface area contributed by atoms with Gasteiger partial charge in [0.25, 0.3) is 0 Å². The van der Waals surface area contributed by atoms with Crippen molar-refractivity contribution in [3.63, 3.8) is 0 Å². The molecule has 7 heteroatoms. The molecule has 0 spiro atoms. The van der Waals surface area contributed by atoms with Crippen molar-refractivity contribution in [1.82, 2.24) is 14.7 Å². The molecule has 2 rings (SSSR count). The molecule has 0 aliphatic carbocycles. The molecule has 0 bridgehead atoms. The fourth-order valence-corrected chi connectivity index (χ4v) is 2.79. The number of carbonyl (C=O) groups is 1. The molecule has 1 N–H and O–H groups in total. The van der Waals surface area contributed by atoms with Gasteiger partial charge in [-0.1, -0.05) is 6.07 Å². The maximum atomic E-state index is 13.6. The number of piperazine rings is 1. The zero-order valence-electron chi connectivity index (χ0n) is 14.2. The first-order chi connectivity index (χ1) is 11.4. The summed E-state index contributed by atoms with van der Waals surface area (Å²) in [6, 6.07) is 3.53. The number of likely N-dealkylation sites (N-methyl/N-ethyl adjacent to an activating group) is 2. The molecule has 1 unspecified atom stereocenters. The third kappa shape index (κ3) is 5.22. The second-order valence-corrected chi connectivity index (χ2v) is 6.41. The first-order valence-electron chi connectivity index (χ1n) is 8.12. The maximum absolute atomic E-state index is 13.6. The van der Waals surface area contributed by atoms with Gasteiger partial charge in [-0.2, -0.15) is 0 Å². The lowest BCUT2D eigenvalue weighted by Gasteiger charge is -2.34. The number of halogens is 2. The second-order valence-electron chi connectivity index (χ2n) is 6.41. The molecule has 5 nitrogen and oxygen atoms in total. The molecule has 1 fully saturated rings. The van der Waals surface area contributed by atoms with Gasteiger partial charge in [-0.05, 0) is 19.2 Å². The number of amides is 1. The summed E-state index contributed by atoms with van der Waals surface area (Å²) >= 11 is 0. The number of rotatable bonds is 6. The van der Waals surface area contributed by atoms with E-state index in [0.29, 0.717) is 6.54 Å². The Bertz CT molecular complexity index is 543. The summed E-state index contributed by atoms with van der Waals surface area (Å²) in [5.74, 6) is -1.87. The fourth-order valence-electron chi connectivity index (χ4n) is 2.79. The summed E-state index contributed by atoms with van der Waals surface area (Å²) in [5.41, 5.74) is -0.233. The van der Waals surface area contributed by atoms with Gasteiger partial charge in [0.1, 0.15) is 11.6 Å². The Kier molecular flexibility index (Phi) is 6.65. The average Bonchev–Trinajstić information content (AvgIpc) is 2.53. The van der Waals surface area contributed by atoms with E-state index in [9.17, 15) is 18.7 Å². The van der Waals surface area contributed by atoms with Crippen LogP contribution in [0.4, 0.5) is 8.78 Å². The summed E-state index contributed by atoms with van der Waals surface area (Å²) in [6.07, 6.45) is -1.04. The van der Waals surface area contributed by atoms with Gasteiger partial charge in [-0.15, -0.1) is 0 Å². The zero-order chi connectivity index (χ0) is 17.7. The summed E-state index contributed by atoms with van der Waals surface area (Å²) in [7, 11) is 3.59. The van der Waals surface area contributed by atoms with Crippen molar-refractivity contribution in [1.29, 1.82) is 0 Å². The van der Waals surface area contributed by atoms with Crippen molar-refractivity contribution in [3.05, 3.63) is 35.4 Å². The standard InChI is InChI=1S/C17H25F2N3O2/c1-20-6-8-22(9-7-20)12-13(23)11-21(2)17(24)10-14-15(18)4-3-5-16(14)19/h3-5,13,23H,6-12H2,1-2H3. The molecular weight excluding hydrogens is 316 g/mol. The van der Waals surface area contributed by atoms with Crippen LogP contribution in [0.2, 0.25) is 0 Å². The van der Waals surface area contributed by atoms with E-state index in [-0.39, 0.29) is 18.5 Å². The van der Waals surface area contributed by atoms with E-state index in [2.05, 4.69) is 16.8 Å². The van der Waals surface area contributed by atoms with E-state index in [4.69, 9.17) is 0 Å². The summed E-state index contributed by atoms with van der Waals surface area (Å²) < 4.78 is 27.2. The summed E-state index contributed by atoms with van der Waals surface area (Å²) in [5, 5.41) is 10.2. The molecule has 1 aliphatic heterocycles. The highest BCUT2D eigenvalue weighted by Gasteiger charge is 2.21. The van der Waals surface area contributed by atoms with Crippen LogP contribution in [0.5, 0.6) is 0 Å². The zero-order valence-corrected chi connectivity index (χ0v) is 14.2. The topological polar surface area (TPSA) is 47.0 Å². The molecule has 1 saturated heterocycles. The van der Waals surface area contributed by atoms with Crippen molar-refractivity contribution < 1.29 is 18.7 Å². The monoisotopic (exact) mass is 341 g/mol. The van der Waals surface area contributed by atoms with Crippen LogP contribution in [0, 0.1) is 11.6 Å². The van der Waals surface area contributed by atoms with Gasteiger partial charge in [0.2, 0.25) is 5.91 Å². The Morgan fingerprint density at radius 2 is 1.83 bits per heavy atom. The van der Waals surface area contributed by atoms with Crippen LogP contribution in [-0.4, -0.2) is 85.2 Å². The fraction of sp³-hybridized carbons (Fsp3) is 0.588. The molecule has 1 aromatic rings. The van der Waals surface area contributed by atoms with E-state index in [0.717, 1.165) is 38.3 Å². The van der Waals surface area contributed by atoms with E-state index >= 15 is 0 Å². The summed E-state index contributed by atoms with van der Waals surface area (Å²) in [6.45, 7) is 4.29. The predicted octanol–water partition coefficient (Wildman–Crippen LogP) is 0.574. The van der Waals surface area contributed by atoms with E-state index in [1.165, 1.54) is 18.0 Å². The van der Waals surface area contributed by atoms with Crippen LogP contribution in [0.25, 0.3) is 0 Å². The van der Waals surface area contributed by atoms with Crippen LogP contribution in [0.1, 0.15) is 5.56 Å². The molecule has 0 radical (unpaired) electrons. The van der Waals surface area contributed by atoms with Gasteiger partial charge >= 0.3 is 0 Å². The van der Waals surface area contributed by atoms with Gasteiger partial charge in [0, 0.05) is 51.9 Å². The van der Waals surface area contributed by atoms with Gasteiger partial charge in [-0.3, -0.25) is 9.69 Å². The van der Waals surface area contributed by atoms with Crippen molar-refractivity contribution in [2.75, 3.05) is 53.4 Å². The highest BCUT2D eigenvalue weighted by molar-refractivity contribution is 5.78. The number of aliphatic hydroxyl groups excluding tert-OH is 1. The van der Waals surface area contributed by atoms with Crippen LogP contribution < -0.4 is 0 Å². The third-order valence-corrected chi connectivity index (χ3v) is 4.36. The molecule has 0 aromatic heterocycles. The minimum atomic E-state index is -0.727. The smallest absolute Gasteiger partial charge is 0.227 e. The van der Waals surface area contributed by atoms with Crippen LogP contribution in [-0.2, 0) is 11.2 Å². The molecule has 1 heterocycles. The molecule has 134 valence electrons. The lowest BCUT2D eigenvalue weighted by molar-refractivity contribution is -0.130. The van der Waals surface area contributed by atoms with Crippen LogP contribution in [0.15, 0.2) is 18.2 Å². The Morgan fingerprint density at radius 3 is 2.42 bits per heavy atom. The van der Waals surface area contributed by atoms with Crippen molar-refractivity contribution in [3.8, 4) is 0 Å². The van der Waals surface area contributed by atoms with Gasteiger partial charge in [0.05, 0.1) is 12.5 Å². The lowest BCUT2D eigenvalue weighted by Crippen LogP contribution is -2.49. The Labute approximate surface area is 141 Å². The minimum Gasteiger partial charge on any atom is -0.390 e. The van der Waals surface area contributed by atoms with Gasteiger partial charge < -0.3 is 14.9 Å². The predicted molar refractivity (Wildman–Crippen MR) is 87.6 cm³/mol. The van der Waals surface area contributed by atoms with Crippen LogP contribution in [0.3, 0.4) is 0 Å². The number of benzene rings is 1. The molecule has 0 saturated carbocycles. The Morgan fingerprint density at radius 1 is 1.25 bits per heavy atom. The normalized spacial score (nSPS) is 17.7. The van der Waals surface area contributed by atoms with Crippen molar-refractivity contribution in [2.24, 2.45) is 0 Å². The molecule has 24 heavy (non-hydrogen) atoms. The number of nitrogens with zero attached hydrogens (tertiary/aromatic N) is 3. The van der Waals surface area contributed by atoms with Gasteiger partial charge in [-0.25, -0.2) is 8.78 Å². The van der Waals surface area contributed by atoms with Crippen molar-refractivity contribution in [2.45, 2.75) is 12.5 Å². The highest BCUT2D eigenvalue weighted by Crippen LogP contribution is 2.13. The Balaban J connectivity index is 1.82. The molecular formula is C17H25F2N3O2. The number of hydrogen-bond donors (Lipinski definition) is 1. The van der Waals surface area contributed by atoms with Crippen LogP contribution >= 0.6 is 0 Å². The number of β-amino-alcohol motifs (C(OH)–C–C–N with tert-alkyl or cyclic N) is 1. The SMILES string of the molecule is CN1CCN(CC(O)CN(C)C(=O)Cc2c(F)cccc2F)CC1. The first kappa shape index (κ1) is 18.8. The molecule has 1 amide bonds. The van der Waals surface area contributed by atoms with E-state index < -0.39 is 23.6 Å². The summed E-state index contributed by atoms with van der Waals surface area (Å²) in [4.78, 5) is 17.9. The number of carbonyl (C=O) groups excluding carboxylic acids is 1. The van der Waals surface area contributed by atoms with Crippen molar-refractivity contribution >= 4 is 5.91 Å². The number of hydrogen-bond acceptors (Lipinski definition) is 4. The average molecular weight is 341 g/mol. The third-order valence-electron chi connectivity index (χ3n) is 4.36. The lowest BCUT2D eigenvalue weighted by atomic mass is 10.1. The highest BCUT2D eigenvalue weighted by atomic mass is 19.1.